The van der Waals surface area contributed by atoms with Gasteiger partial charge in [0.2, 0.25) is 0 Å². The summed E-state index contributed by atoms with van der Waals surface area (Å²) in [5.74, 6) is 2.00. The monoisotopic (exact) mass is 475 g/mol. The van der Waals surface area contributed by atoms with Gasteiger partial charge in [-0.15, -0.1) is 10.2 Å². The Kier molecular flexibility index (Phi) is 8.36. The molecular weight excluding hydrogens is 446 g/mol. The van der Waals surface area contributed by atoms with Crippen LogP contribution < -0.4 is 4.74 Å². The van der Waals surface area contributed by atoms with Crippen LogP contribution in [-0.4, -0.2) is 40.4 Å². The smallest absolute Gasteiger partial charge is 0.277 e. The van der Waals surface area contributed by atoms with Gasteiger partial charge in [0.15, 0.2) is 6.61 Å². The van der Waals surface area contributed by atoms with Crippen molar-refractivity contribution in [3.8, 4) is 16.9 Å². The van der Waals surface area contributed by atoms with E-state index in [9.17, 15) is 0 Å². The molecule has 176 valence electrons. The number of aromatic nitrogens is 2. The van der Waals surface area contributed by atoms with Gasteiger partial charge in [-0.3, -0.25) is 4.90 Å². The van der Waals surface area contributed by atoms with Crippen molar-refractivity contribution in [2.45, 2.75) is 31.1 Å². The summed E-state index contributed by atoms with van der Waals surface area (Å²) in [5, 5.41) is 17.8. The molecule has 34 heavy (non-hydrogen) atoms. The first-order valence-corrected chi connectivity index (χ1v) is 12.2. The van der Waals surface area contributed by atoms with Crippen LogP contribution in [0.25, 0.3) is 11.1 Å². The maximum atomic E-state index is 9.02. The Morgan fingerprint density at radius 2 is 1.71 bits per heavy atom. The van der Waals surface area contributed by atoms with Crippen LogP contribution in [0.5, 0.6) is 5.75 Å². The molecule has 0 unspecified atom stereocenters. The minimum Gasteiger partial charge on any atom is -0.484 e. The molecule has 4 aromatic rings. The minimum atomic E-state index is 0.169. The van der Waals surface area contributed by atoms with E-state index in [1.807, 2.05) is 37.4 Å². The predicted molar refractivity (Wildman–Crippen MR) is 135 cm³/mol. The summed E-state index contributed by atoms with van der Waals surface area (Å²) in [5.41, 5.74) is 5.78. The molecule has 0 aliphatic rings. The lowest BCUT2D eigenvalue weighted by atomic mass is 10.00. The molecule has 0 saturated heterocycles. The third-order valence-electron chi connectivity index (χ3n) is 5.49. The second kappa shape index (κ2) is 11.8. The van der Waals surface area contributed by atoms with Crippen molar-refractivity contribution in [1.82, 2.24) is 15.1 Å². The topological polar surface area (TPSA) is 71.6 Å². The Morgan fingerprint density at radius 1 is 0.941 bits per heavy atom. The highest BCUT2D eigenvalue weighted by Crippen LogP contribution is 2.30. The third-order valence-corrected chi connectivity index (χ3v) is 6.38. The van der Waals surface area contributed by atoms with Gasteiger partial charge in [0.05, 0.1) is 6.61 Å². The number of aliphatic hydroxyl groups is 1. The van der Waals surface area contributed by atoms with E-state index >= 15 is 0 Å². The lowest BCUT2D eigenvalue weighted by Crippen LogP contribution is -2.21. The fourth-order valence-electron chi connectivity index (χ4n) is 3.64. The molecule has 3 aromatic carbocycles. The molecule has 7 heteroatoms. The van der Waals surface area contributed by atoms with E-state index in [0.29, 0.717) is 17.7 Å². The third kappa shape index (κ3) is 6.47. The molecule has 0 bridgehead atoms. The number of ether oxygens (including phenoxy) is 1. The molecule has 0 amide bonds. The van der Waals surface area contributed by atoms with Crippen molar-refractivity contribution in [2.24, 2.45) is 0 Å². The summed E-state index contributed by atoms with van der Waals surface area (Å²) in [6.07, 6.45) is 0. The first-order valence-electron chi connectivity index (χ1n) is 11.2. The van der Waals surface area contributed by atoms with E-state index in [-0.39, 0.29) is 13.2 Å². The van der Waals surface area contributed by atoms with Crippen molar-refractivity contribution in [2.75, 3.05) is 20.2 Å². The average molecular weight is 476 g/mol. The van der Waals surface area contributed by atoms with Crippen molar-refractivity contribution in [3.05, 3.63) is 95.4 Å². The van der Waals surface area contributed by atoms with E-state index < -0.39 is 0 Å². The molecule has 0 saturated carbocycles. The zero-order chi connectivity index (χ0) is 23.8. The fraction of sp³-hybridized carbons (Fsp3) is 0.259. The Hall–Kier alpha value is -3.13. The molecule has 0 aliphatic heterocycles. The molecule has 1 aromatic heterocycles. The van der Waals surface area contributed by atoms with Gasteiger partial charge in [-0.05, 0) is 47.9 Å². The maximum absolute atomic E-state index is 9.02. The van der Waals surface area contributed by atoms with Gasteiger partial charge in [0.25, 0.3) is 11.1 Å². The Labute approximate surface area is 204 Å². The second-order valence-corrected chi connectivity index (χ2v) is 9.04. The summed E-state index contributed by atoms with van der Waals surface area (Å²) in [4.78, 5) is 2.09. The van der Waals surface area contributed by atoms with Crippen LogP contribution in [0.4, 0.5) is 0 Å². The highest BCUT2D eigenvalue weighted by molar-refractivity contribution is 7.98. The Bertz CT molecular complexity index is 1180. The average Bonchev–Trinajstić information content (AvgIpc) is 3.31. The van der Waals surface area contributed by atoms with Crippen LogP contribution in [0.1, 0.15) is 22.6 Å². The van der Waals surface area contributed by atoms with Crippen LogP contribution in [0.15, 0.2) is 82.4 Å². The molecular formula is C27H29N3O3S. The van der Waals surface area contributed by atoms with Crippen LogP contribution in [0.2, 0.25) is 0 Å². The van der Waals surface area contributed by atoms with Gasteiger partial charge in [-0.2, -0.15) is 0 Å². The van der Waals surface area contributed by atoms with Crippen LogP contribution in [-0.2, 0) is 18.9 Å². The van der Waals surface area contributed by atoms with Gasteiger partial charge in [0.1, 0.15) is 5.75 Å². The number of aliphatic hydroxyl groups excluding tert-OH is 1. The van der Waals surface area contributed by atoms with Crippen molar-refractivity contribution >= 4 is 11.8 Å². The highest BCUT2D eigenvalue weighted by atomic mass is 32.2. The number of hydrogen-bond donors (Lipinski definition) is 1. The number of hydrogen-bond acceptors (Lipinski definition) is 7. The zero-order valence-corrected chi connectivity index (χ0v) is 20.3. The molecule has 6 nitrogen and oxygen atoms in total. The SMILES string of the molecule is Cc1c(OCc2nnc(SCc3ccc(CN(C)CCO)cc3)o2)cccc1-c1ccccc1. The van der Waals surface area contributed by atoms with E-state index in [4.69, 9.17) is 14.3 Å². The number of benzene rings is 3. The molecule has 4 rings (SSSR count). The standard InChI is InChI=1S/C27H29N3O3S/c1-20-24(23-7-4-3-5-8-23)9-6-10-25(20)32-18-26-28-29-27(33-26)34-19-22-13-11-21(12-14-22)17-30(2)15-16-31/h3-14,31H,15-19H2,1-2H3. The normalized spacial score (nSPS) is 11.2. The highest BCUT2D eigenvalue weighted by Gasteiger charge is 2.11. The van der Waals surface area contributed by atoms with E-state index in [1.165, 1.54) is 22.9 Å². The molecule has 0 fully saturated rings. The Balaban J connectivity index is 1.30. The van der Waals surface area contributed by atoms with Gasteiger partial charge in [-0.1, -0.05) is 78.5 Å². The minimum absolute atomic E-state index is 0.169. The van der Waals surface area contributed by atoms with Gasteiger partial charge in [-0.25, -0.2) is 0 Å². The summed E-state index contributed by atoms with van der Waals surface area (Å²) in [7, 11) is 2.00. The summed E-state index contributed by atoms with van der Waals surface area (Å²) < 4.78 is 11.8. The largest absolute Gasteiger partial charge is 0.484 e. The van der Waals surface area contributed by atoms with Crippen LogP contribution in [0.3, 0.4) is 0 Å². The van der Waals surface area contributed by atoms with E-state index in [2.05, 4.69) is 64.5 Å². The molecule has 1 heterocycles. The van der Waals surface area contributed by atoms with Crippen LogP contribution in [0, 0.1) is 6.92 Å². The molecule has 0 radical (unpaired) electrons. The number of likely N-dealkylation sites (N-methyl/N-ethyl adjacent to an activating group) is 1. The molecule has 1 N–H and O–H groups in total. The van der Waals surface area contributed by atoms with Gasteiger partial charge >= 0.3 is 0 Å². The molecule has 0 aliphatic carbocycles. The maximum Gasteiger partial charge on any atom is 0.277 e. The second-order valence-electron chi connectivity index (χ2n) is 8.11. The first kappa shape index (κ1) is 24.0. The van der Waals surface area contributed by atoms with Crippen molar-refractivity contribution < 1.29 is 14.3 Å². The van der Waals surface area contributed by atoms with Gasteiger partial charge < -0.3 is 14.3 Å². The summed E-state index contributed by atoms with van der Waals surface area (Å²) in [6, 6.07) is 24.8. The van der Waals surface area contributed by atoms with E-state index in [0.717, 1.165) is 34.7 Å². The predicted octanol–water partition coefficient (Wildman–Crippen LogP) is 5.34. The first-order chi connectivity index (χ1) is 16.6. The number of rotatable bonds is 11. The fourth-order valence-corrected chi connectivity index (χ4v) is 4.38. The van der Waals surface area contributed by atoms with Crippen LogP contribution >= 0.6 is 11.8 Å². The lowest BCUT2D eigenvalue weighted by Gasteiger charge is -2.15. The molecule has 0 atom stereocenters. The molecule has 0 spiro atoms. The number of thioether (sulfide) groups is 1. The van der Waals surface area contributed by atoms with Crippen molar-refractivity contribution in [1.29, 1.82) is 0 Å². The summed E-state index contributed by atoms with van der Waals surface area (Å²) >= 11 is 1.51. The quantitative estimate of drug-likeness (QED) is 0.294. The van der Waals surface area contributed by atoms with Crippen molar-refractivity contribution in [3.63, 3.8) is 0 Å². The van der Waals surface area contributed by atoms with Gasteiger partial charge in [0, 0.05) is 18.8 Å². The number of nitrogens with zero attached hydrogens (tertiary/aromatic N) is 3. The zero-order valence-electron chi connectivity index (χ0n) is 19.5. The van der Waals surface area contributed by atoms with E-state index in [1.54, 1.807) is 0 Å². The lowest BCUT2D eigenvalue weighted by molar-refractivity contribution is 0.217. The summed E-state index contributed by atoms with van der Waals surface area (Å²) in [6.45, 7) is 3.93. The Morgan fingerprint density at radius 3 is 2.47 bits per heavy atom.